The van der Waals surface area contributed by atoms with Gasteiger partial charge in [-0.15, -0.1) is 0 Å². The van der Waals surface area contributed by atoms with Crippen LogP contribution in [0.4, 0.5) is 14.9 Å². The molecular formula is C33H48BFN6O5. The van der Waals surface area contributed by atoms with Gasteiger partial charge < -0.3 is 36.3 Å². The molecule has 2 rings (SSSR count). The molecule has 0 bridgehead atoms. The van der Waals surface area contributed by atoms with E-state index in [-0.39, 0.29) is 43.0 Å². The summed E-state index contributed by atoms with van der Waals surface area (Å²) in [6.07, 6.45) is 7.22. The number of aliphatic hydroxyl groups excluding tert-OH is 1. The summed E-state index contributed by atoms with van der Waals surface area (Å²) in [5.74, 6) is -0.541. The van der Waals surface area contributed by atoms with Crippen LogP contribution in [0.3, 0.4) is 0 Å². The number of carbonyl (C=O) groups is 2. The average Bonchev–Trinajstić information content (AvgIpc) is 3.04. The fourth-order valence-electron chi connectivity index (χ4n) is 4.69. The molecule has 0 aliphatic carbocycles. The van der Waals surface area contributed by atoms with Crippen LogP contribution in [0.1, 0.15) is 40.0 Å². The monoisotopic (exact) mass is 638 g/mol. The fourth-order valence-corrected chi connectivity index (χ4v) is 4.69. The van der Waals surface area contributed by atoms with Gasteiger partial charge in [0, 0.05) is 62.3 Å². The number of aliphatic hydroxyl groups is 1. The van der Waals surface area contributed by atoms with Crippen molar-refractivity contribution in [3.63, 3.8) is 0 Å². The Bertz CT molecular complexity index is 1290. The number of methoxy groups -OCH3 is 1. The Hall–Kier alpha value is -3.78. The van der Waals surface area contributed by atoms with Crippen molar-refractivity contribution in [2.24, 2.45) is 10.7 Å². The summed E-state index contributed by atoms with van der Waals surface area (Å²) in [4.78, 5) is 31.4. The predicted molar refractivity (Wildman–Crippen MR) is 180 cm³/mol. The van der Waals surface area contributed by atoms with Gasteiger partial charge in [0.25, 0.3) is 5.91 Å². The molecule has 13 heteroatoms. The molecule has 250 valence electrons. The average molecular weight is 639 g/mol. The van der Waals surface area contributed by atoms with E-state index in [0.29, 0.717) is 60.7 Å². The third-order valence-electron chi connectivity index (χ3n) is 7.14. The summed E-state index contributed by atoms with van der Waals surface area (Å²) in [6.45, 7) is 7.55. The molecule has 46 heavy (non-hydrogen) atoms. The number of rotatable bonds is 16. The minimum atomic E-state index is -0.579. The molecule has 11 nitrogen and oxygen atoms in total. The Morgan fingerprint density at radius 1 is 1.26 bits per heavy atom. The van der Waals surface area contributed by atoms with Crippen LogP contribution in [0.15, 0.2) is 75.5 Å². The lowest BCUT2D eigenvalue weighted by molar-refractivity contribution is -0.118. The number of amides is 3. The summed E-state index contributed by atoms with van der Waals surface area (Å²) in [5, 5.41) is 20.8. The third kappa shape index (κ3) is 12.9. The molecule has 0 aromatic heterocycles. The van der Waals surface area contributed by atoms with E-state index < -0.39 is 17.9 Å². The number of nitrogens with zero attached hydrogens (tertiary/aromatic N) is 1. The van der Waals surface area contributed by atoms with E-state index in [0.717, 1.165) is 12.8 Å². The number of nitrogens with two attached hydrogens (primary N) is 1. The van der Waals surface area contributed by atoms with E-state index in [2.05, 4.69) is 26.3 Å². The molecule has 2 radical (unpaired) electrons. The highest BCUT2D eigenvalue weighted by atomic mass is 19.1. The van der Waals surface area contributed by atoms with Crippen molar-refractivity contribution >= 4 is 31.3 Å². The molecule has 0 saturated carbocycles. The van der Waals surface area contributed by atoms with Crippen LogP contribution in [0, 0.1) is 5.82 Å². The minimum absolute atomic E-state index is 0.0161. The maximum atomic E-state index is 13.7. The number of nitrogens with one attached hydrogen (secondary N) is 4. The summed E-state index contributed by atoms with van der Waals surface area (Å²) in [6, 6.07) is 4.47. The SMILES string of the molecule is [B]C[C@@H](CNCCO)NC(=O)NC(=Nc1ccc(F)cc1)C(CC)=C(N)C(/C=C\C)=C/C(C(=O)NC1CCOCC1)=C(\C)COC. The van der Waals surface area contributed by atoms with Crippen molar-refractivity contribution in [2.75, 3.05) is 46.6 Å². The lowest BCUT2D eigenvalue weighted by Gasteiger charge is -2.24. The molecule has 1 aliphatic rings. The number of ether oxygens (including phenoxy) is 2. The second kappa shape index (κ2) is 21.1. The number of urea groups is 1. The summed E-state index contributed by atoms with van der Waals surface area (Å²) in [7, 11) is 7.41. The van der Waals surface area contributed by atoms with Gasteiger partial charge in [0.05, 0.1) is 26.7 Å². The van der Waals surface area contributed by atoms with Gasteiger partial charge in [-0.3, -0.25) is 10.1 Å². The van der Waals surface area contributed by atoms with Crippen LogP contribution in [0.25, 0.3) is 0 Å². The Morgan fingerprint density at radius 3 is 2.54 bits per heavy atom. The number of carbonyl (C=O) groups excluding carboxylic acids is 2. The number of hydrogen-bond acceptors (Lipinski definition) is 8. The van der Waals surface area contributed by atoms with Crippen molar-refractivity contribution in [1.29, 1.82) is 0 Å². The van der Waals surface area contributed by atoms with Crippen molar-refractivity contribution in [2.45, 2.75) is 58.4 Å². The quantitative estimate of drug-likeness (QED) is 0.0406. The molecule has 1 aromatic carbocycles. The number of allylic oxidation sites excluding steroid dienone is 2. The molecule has 1 aromatic rings. The van der Waals surface area contributed by atoms with Crippen LogP contribution in [-0.4, -0.2) is 89.4 Å². The molecule has 0 spiro atoms. The number of benzene rings is 1. The molecule has 1 saturated heterocycles. The summed E-state index contributed by atoms with van der Waals surface area (Å²) >= 11 is 0. The van der Waals surface area contributed by atoms with Crippen LogP contribution in [0.2, 0.25) is 6.32 Å². The Morgan fingerprint density at radius 2 is 1.96 bits per heavy atom. The normalized spacial score (nSPS) is 16.5. The number of amidine groups is 1. The zero-order valence-corrected chi connectivity index (χ0v) is 27.3. The predicted octanol–water partition coefficient (Wildman–Crippen LogP) is 3.08. The highest BCUT2D eigenvalue weighted by molar-refractivity contribution is 6.10. The number of halogens is 1. The van der Waals surface area contributed by atoms with Crippen LogP contribution < -0.4 is 27.0 Å². The first-order valence-electron chi connectivity index (χ1n) is 15.5. The Labute approximate surface area is 273 Å². The van der Waals surface area contributed by atoms with Gasteiger partial charge in [-0.2, -0.15) is 0 Å². The van der Waals surface area contributed by atoms with Gasteiger partial charge in [-0.25, -0.2) is 14.2 Å². The Kier molecular flexibility index (Phi) is 17.6. The standard InChI is InChI=1S/C33H48BFN6O5/c1-5-7-23(18-29(22(3)21-45-4)32(43)39-26-12-16-46-17-13-26)30(36)28(6-2)31(38-25-10-8-24(35)9-11-25)41-33(44)40-27(19-34)20-37-14-15-42/h5,7-11,18,26-27,37,42H,6,12-17,19-21,36H2,1-4H3,(H,39,43)(H2,38,40,41,44)/b7-5-,23-18+,29-22-,30-28?/t27-/m0/s1. The van der Waals surface area contributed by atoms with Gasteiger partial charge in [0.2, 0.25) is 0 Å². The lowest BCUT2D eigenvalue weighted by atomic mass is 9.97. The van der Waals surface area contributed by atoms with E-state index in [1.165, 1.54) is 24.3 Å². The number of hydrogen-bond donors (Lipinski definition) is 6. The molecular weight excluding hydrogens is 590 g/mol. The van der Waals surface area contributed by atoms with Gasteiger partial charge in [-0.1, -0.05) is 25.4 Å². The summed E-state index contributed by atoms with van der Waals surface area (Å²) in [5.41, 5.74) is 9.61. The molecule has 1 fully saturated rings. The maximum absolute atomic E-state index is 13.7. The van der Waals surface area contributed by atoms with Crippen molar-refractivity contribution < 1.29 is 28.6 Å². The zero-order chi connectivity index (χ0) is 33.9. The van der Waals surface area contributed by atoms with Gasteiger partial charge in [0.15, 0.2) is 0 Å². The van der Waals surface area contributed by atoms with E-state index in [4.69, 9.17) is 28.2 Å². The largest absolute Gasteiger partial charge is 0.398 e. The number of aliphatic imine (C=N–C) groups is 1. The van der Waals surface area contributed by atoms with Crippen molar-refractivity contribution in [3.05, 3.63) is 76.3 Å². The van der Waals surface area contributed by atoms with Gasteiger partial charge in [-0.05, 0) is 74.6 Å². The van der Waals surface area contributed by atoms with Gasteiger partial charge >= 0.3 is 6.03 Å². The molecule has 0 unspecified atom stereocenters. The Balaban J connectivity index is 2.60. The van der Waals surface area contributed by atoms with E-state index in [1.54, 1.807) is 25.3 Å². The van der Waals surface area contributed by atoms with Crippen LogP contribution in [-0.2, 0) is 14.3 Å². The maximum Gasteiger partial charge on any atom is 0.320 e. The fraction of sp³-hybridized carbons (Fsp3) is 0.485. The summed E-state index contributed by atoms with van der Waals surface area (Å²) < 4.78 is 24.5. The minimum Gasteiger partial charge on any atom is -0.398 e. The molecule has 7 N–H and O–H groups in total. The molecule has 1 heterocycles. The second-order valence-electron chi connectivity index (χ2n) is 10.7. The van der Waals surface area contributed by atoms with Crippen molar-refractivity contribution in [3.8, 4) is 0 Å². The molecule has 1 aliphatic heterocycles. The van der Waals surface area contributed by atoms with Crippen LogP contribution in [0.5, 0.6) is 0 Å². The smallest absolute Gasteiger partial charge is 0.320 e. The second-order valence-corrected chi connectivity index (χ2v) is 10.7. The first-order chi connectivity index (χ1) is 22.2. The molecule has 3 amide bonds. The topological polar surface area (TPSA) is 159 Å². The highest BCUT2D eigenvalue weighted by Gasteiger charge is 2.21. The highest BCUT2D eigenvalue weighted by Crippen LogP contribution is 2.22. The van der Waals surface area contributed by atoms with Crippen molar-refractivity contribution in [1.82, 2.24) is 21.3 Å². The van der Waals surface area contributed by atoms with Crippen LogP contribution >= 0.6 is 0 Å². The lowest BCUT2D eigenvalue weighted by Crippen LogP contribution is -2.48. The van der Waals surface area contributed by atoms with Gasteiger partial charge in [0.1, 0.15) is 11.7 Å². The third-order valence-corrected chi connectivity index (χ3v) is 7.14. The van der Waals surface area contributed by atoms with E-state index in [1.807, 2.05) is 20.8 Å². The zero-order valence-electron chi connectivity index (χ0n) is 27.3. The van der Waals surface area contributed by atoms with E-state index >= 15 is 0 Å². The van der Waals surface area contributed by atoms with E-state index in [9.17, 15) is 14.0 Å². The first kappa shape index (κ1) is 38.4. The first-order valence-corrected chi connectivity index (χ1v) is 15.5. The molecule has 1 atom stereocenters.